The van der Waals surface area contributed by atoms with Crippen LogP contribution in [0.3, 0.4) is 0 Å². The van der Waals surface area contributed by atoms with Crippen LogP contribution in [0.15, 0.2) is 24.3 Å². The molecule has 0 saturated heterocycles. The number of carbonyl (C=O) groups excluding carboxylic acids is 1. The summed E-state index contributed by atoms with van der Waals surface area (Å²) in [5.74, 6) is -3.44. The van der Waals surface area contributed by atoms with Gasteiger partial charge in [-0.1, -0.05) is 24.3 Å². The van der Waals surface area contributed by atoms with Crippen LogP contribution in [-0.2, 0) is 17.1 Å². The van der Waals surface area contributed by atoms with Crippen molar-refractivity contribution < 1.29 is 18.0 Å². The van der Waals surface area contributed by atoms with Crippen LogP contribution in [0.1, 0.15) is 11.1 Å². The Bertz CT molecular complexity index is 306. The minimum absolute atomic E-state index is 0.0570. The zero-order valence-corrected chi connectivity index (χ0v) is 7.27. The van der Waals surface area contributed by atoms with E-state index in [0.29, 0.717) is 5.56 Å². The van der Waals surface area contributed by atoms with Gasteiger partial charge in [-0.2, -0.15) is 8.78 Å². The highest BCUT2D eigenvalue weighted by molar-refractivity contribution is 5.55. The van der Waals surface area contributed by atoms with Crippen molar-refractivity contribution in [1.29, 1.82) is 0 Å². The van der Waals surface area contributed by atoms with E-state index >= 15 is 0 Å². The van der Waals surface area contributed by atoms with Gasteiger partial charge in [0.25, 0.3) is 0 Å². The molecular weight excluding hydrogens is 193 g/mol. The molecule has 0 bridgehead atoms. The molecule has 0 N–H and O–H groups in total. The summed E-state index contributed by atoms with van der Waals surface area (Å²) in [7, 11) is 0. The van der Waals surface area contributed by atoms with Crippen LogP contribution in [0, 0.1) is 0 Å². The first-order valence-electron chi connectivity index (χ1n) is 3.98. The van der Waals surface area contributed by atoms with Crippen molar-refractivity contribution >= 4 is 6.29 Å². The third-order valence-electron chi connectivity index (χ3n) is 1.82. The minimum atomic E-state index is -3.44. The summed E-state index contributed by atoms with van der Waals surface area (Å²) in [6.07, 6.45) is 1.70. The molecule has 0 saturated carbocycles. The van der Waals surface area contributed by atoms with E-state index in [4.69, 9.17) is 0 Å². The third kappa shape index (κ3) is 2.34. The summed E-state index contributed by atoms with van der Waals surface area (Å²) in [5, 5.41) is 0. The van der Waals surface area contributed by atoms with E-state index in [0.717, 1.165) is 12.1 Å². The van der Waals surface area contributed by atoms with Crippen molar-refractivity contribution in [1.82, 2.24) is 0 Å². The van der Waals surface area contributed by atoms with Crippen molar-refractivity contribution in [3.8, 4) is 0 Å². The standard InChI is InChI=1S/C10H8F3O/c11-7-10(12,13)9-3-1-8(2-4-9)5-6-14/h1-4H,5,7H2. The van der Waals surface area contributed by atoms with Gasteiger partial charge < -0.3 is 0 Å². The summed E-state index contributed by atoms with van der Waals surface area (Å²) in [6, 6.07) is 4.96. The molecule has 1 nitrogen and oxygen atoms in total. The van der Waals surface area contributed by atoms with E-state index in [2.05, 4.69) is 0 Å². The fourth-order valence-electron chi connectivity index (χ4n) is 1.03. The van der Waals surface area contributed by atoms with E-state index < -0.39 is 12.6 Å². The van der Waals surface area contributed by atoms with Crippen molar-refractivity contribution in [3.63, 3.8) is 0 Å². The van der Waals surface area contributed by atoms with Crippen LogP contribution in [0.25, 0.3) is 0 Å². The normalized spacial score (nSPS) is 11.4. The van der Waals surface area contributed by atoms with Gasteiger partial charge in [-0.25, -0.2) is 4.39 Å². The summed E-state index contributed by atoms with van der Waals surface area (Å²) < 4.78 is 37.4. The zero-order chi connectivity index (χ0) is 10.6. The lowest BCUT2D eigenvalue weighted by Crippen LogP contribution is -2.15. The number of hydrogen-bond donors (Lipinski definition) is 0. The van der Waals surface area contributed by atoms with E-state index in [1.165, 1.54) is 12.1 Å². The summed E-state index contributed by atoms with van der Waals surface area (Å²) in [4.78, 5) is 9.98. The van der Waals surface area contributed by atoms with Gasteiger partial charge in [0, 0.05) is 12.0 Å². The molecule has 0 aliphatic rings. The van der Waals surface area contributed by atoms with Crippen LogP contribution in [0.4, 0.5) is 13.2 Å². The molecule has 0 amide bonds. The van der Waals surface area contributed by atoms with E-state index in [9.17, 15) is 18.0 Å². The summed E-state index contributed by atoms with van der Waals surface area (Å²) >= 11 is 0. The quantitative estimate of drug-likeness (QED) is 0.731. The number of hydrogen-bond acceptors (Lipinski definition) is 1. The fraction of sp³-hybridized carbons (Fsp3) is 0.300. The molecule has 0 heterocycles. The maximum Gasteiger partial charge on any atom is 0.301 e. The Balaban J connectivity index is 2.87. The number of halogens is 3. The van der Waals surface area contributed by atoms with Crippen molar-refractivity contribution in [3.05, 3.63) is 35.4 Å². The Hall–Kier alpha value is -1.32. The van der Waals surface area contributed by atoms with Crippen LogP contribution < -0.4 is 0 Å². The number of benzene rings is 1. The maximum absolute atomic E-state index is 12.8. The lowest BCUT2D eigenvalue weighted by molar-refractivity contribution is -0.0280. The third-order valence-corrected chi connectivity index (χ3v) is 1.82. The molecule has 0 aromatic heterocycles. The highest BCUT2D eigenvalue weighted by Gasteiger charge is 2.31. The Kier molecular flexibility index (Phi) is 3.28. The van der Waals surface area contributed by atoms with Gasteiger partial charge in [0.15, 0.2) is 6.67 Å². The van der Waals surface area contributed by atoms with E-state index in [1.807, 2.05) is 0 Å². The monoisotopic (exact) mass is 201 g/mol. The molecule has 75 valence electrons. The molecule has 4 heteroatoms. The highest BCUT2D eigenvalue weighted by Crippen LogP contribution is 2.28. The molecule has 1 rings (SSSR count). The first-order valence-corrected chi connectivity index (χ1v) is 3.98. The first-order chi connectivity index (χ1) is 6.60. The van der Waals surface area contributed by atoms with Crippen LogP contribution >= 0.6 is 0 Å². The summed E-state index contributed by atoms with van der Waals surface area (Å²) in [5.41, 5.74) is 0.202. The van der Waals surface area contributed by atoms with Crippen LogP contribution in [0.5, 0.6) is 0 Å². The number of alkyl halides is 3. The Morgan fingerprint density at radius 1 is 1.21 bits per heavy atom. The largest absolute Gasteiger partial charge is 0.301 e. The van der Waals surface area contributed by atoms with Crippen molar-refractivity contribution in [2.45, 2.75) is 12.3 Å². The predicted octanol–water partition coefficient (Wildman–Crippen LogP) is 2.40. The van der Waals surface area contributed by atoms with Crippen molar-refractivity contribution in [2.24, 2.45) is 0 Å². The highest BCUT2D eigenvalue weighted by atomic mass is 19.3. The second-order valence-corrected chi connectivity index (χ2v) is 2.86. The minimum Gasteiger partial charge on any atom is -0.291 e. The average molecular weight is 201 g/mol. The molecule has 1 aromatic rings. The molecule has 0 fully saturated rings. The SMILES string of the molecule is O=[C]Cc1ccc(C(F)(F)CF)cc1. The number of rotatable bonds is 4. The van der Waals surface area contributed by atoms with Gasteiger partial charge in [-0.15, -0.1) is 0 Å². The lowest BCUT2D eigenvalue weighted by Gasteiger charge is -2.12. The Morgan fingerprint density at radius 3 is 2.21 bits per heavy atom. The fourth-order valence-corrected chi connectivity index (χ4v) is 1.03. The molecule has 0 spiro atoms. The first kappa shape index (κ1) is 10.8. The van der Waals surface area contributed by atoms with Gasteiger partial charge in [0.05, 0.1) is 0 Å². The average Bonchev–Trinajstić information content (AvgIpc) is 2.19. The smallest absolute Gasteiger partial charge is 0.291 e. The van der Waals surface area contributed by atoms with Gasteiger partial charge in [0.2, 0.25) is 6.29 Å². The molecule has 1 aromatic carbocycles. The molecule has 14 heavy (non-hydrogen) atoms. The molecule has 0 unspecified atom stereocenters. The maximum atomic E-state index is 12.8. The molecular formula is C10H8F3O. The second kappa shape index (κ2) is 4.26. The topological polar surface area (TPSA) is 17.1 Å². The lowest BCUT2D eigenvalue weighted by atomic mass is 10.1. The van der Waals surface area contributed by atoms with E-state index in [-0.39, 0.29) is 12.0 Å². The second-order valence-electron chi connectivity index (χ2n) is 2.86. The molecule has 1 radical (unpaired) electrons. The zero-order valence-electron chi connectivity index (χ0n) is 7.27. The van der Waals surface area contributed by atoms with Crippen LogP contribution in [-0.4, -0.2) is 13.0 Å². The van der Waals surface area contributed by atoms with Gasteiger partial charge >= 0.3 is 5.92 Å². The van der Waals surface area contributed by atoms with E-state index in [1.54, 1.807) is 6.29 Å². The van der Waals surface area contributed by atoms with Gasteiger partial charge in [-0.3, -0.25) is 4.79 Å². The molecule has 0 aliphatic heterocycles. The Labute approximate surface area is 79.5 Å². The summed E-state index contributed by atoms with van der Waals surface area (Å²) in [6.45, 7) is -1.72. The molecule has 0 atom stereocenters. The molecule has 0 aliphatic carbocycles. The van der Waals surface area contributed by atoms with Gasteiger partial charge in [-0.05, 0) is 5.56 Å². The van der Waals surface area contributed by atoms with Gasteiger partial charge in [0.1, 0.15) is 0 Å². The van der Waals surface area contributed by atoms with Crippen LogP contribution in [0.2, 0.25) is 0 Å². The Morgan fingerprint density at radius 2 is 1.79 bits per heavy atom. The predicted molar refractivity (Wildman–Crippen MR) is 45.7 cm³/mol. The van der Waals surface area contributed by atoms with Crippen molar-refractivity contribution in [2.75, 3.05) is 6.67 Å².